The van der Waals surface area contributed by atoms with Gasteiger partial charge in [-0.25, -0.2) is 0 Å². The number of rotatable bonds is 7. The fourth-order valence-corrected chi connectivity index (χ4v) is 2.19. The van der Waals surface area contributed by atoms with Crippen LogP contribution in [0.5, 0.6) is 0 Å². The lowest BCUT2D eigenvalue weighted by Gasteiger charge is -2.19. The van der Waals surface area contributed by atoms with Crippen LogP contribution >= 0.6 is 0 Å². The summed E-state index contributed by atoms with van der Waals surface area (Å²) in [6.45, 7) is 2.74. The van der Waals surface area contributed by atoms with Gasteiger partial charge >= 0.3 is 0 Å². The Balaban J connectivity index is 2.20. The molecule has 2 aromatic rings. The Morgan fingerprint density at radius 1 is 1.22 bits per heavy atom. The summed E-state index contributed by atoms with van der Waals surface area (Å²) >= 11 is 0. The number of hydrogen-bond donors (Lipinski definition) is 1. The molecule has 0 saturated carbocycles. The third-order valence-corrected chi connectivity index (χ3v) is 3.33. The Morgan fingerprint density at radius 2 is 1.96 bits per heavy atom. The normalized spacial score (nSPS) is 11.3. The second kappa shape index (κ2) is 8.05. The largest absolute Gasteiger partial charge is 0.394 e. The van der Waals surface area contributed by atoms with E-state index in [0.29, 0.717) is 24.4 Å². The number of nitro benzene ring substituents is 1. The minimum atomic E-state index is -0.424. The molecule has 6 nitrogen and oxygen atoms in total. The third kappa shape index (κ3) is 4.89. The van der Waals surface area contributed by atoms with Crippen molar-refractivity contribution in [2.24, 2.45) is 5.10 Å². The first-order chi connectivity index (χ1) is 11.1. The summed E-state index contributed by atoms with van der Waals surface area (Å²) in [6, 6.07) is 16.2. The van der Waals surface area contributed by atoms with Crippen LogP contribution < -0.4 is 0 Å². The summed E-state index contributed by atoms with van der Waals surface area (Å²) < 4.78 is 0. The van der Waals surface area contributed by atoms with Crippen molar-refractivity contribution in [3.63, 3.8) is 0 Å². The monoisotopic (exact) mass is 313 g/mol. The van der Waals surface area contributed by atoms with Crippen LogP contribution in [0.15, 0.2) is 59.7 Å². The maximum absolute atomic E-state index is 10.9. The van der Waals surface area contributed by atoms with Crippen LogP contribution in [0, 0.1) is 10.1 Å². The molecule has 0 heterocycles. The number of nitrogens with zero attached hydrogens (tertiary/aromatic N) is 3. The summed E-state index contributed by atoms with van der Waals surface area (Å²) in [5.41, 5.74) is 2.47. The highest BCUT2D eigenvalue weighted by Gasteiger charge is 2.09. The van der Waals surface area contributed by atoms with E-state index < -0.39 is 4.92 Å². The molecule has 0 fully saturated rings. The molecule has 0 bridgehead atoms. The number of hydrogen-bond acceptors (Lipinski definition) is 5. The van der Waals surface area contributed by atoms with Crippen LogP contribution in [-0.4, -0.2) is 33.9 Å². The van der Waals surface area contributed by atoms with Gasteiger partial charge in [0.2, 0.25) is 0 Å². The SMILES string of the molecule is C/C(=N/N(CCO)Cc1ccccc1)c1cccc([N+](=O)[O-])c1. The topological polar surface area (TPSA) is 79.0 Å². The lowest BCUT2D eigenvalue weighted by molar-refractivity contribution is -0.384. The van der Waals surface area contributed by atoms with Gasteiger partial charge in [-0.2, -0.15) is 5.10 Å². The first-order valence-corrected chi connectivity index (χ1v) is 7.30. The Labute approximate surface area is 134 Å². The number of nitro groups is 1. The van der Waals surface area contributed by atoms with E-state index in [9.17, 15) is 15.2 Å². The molecule has 0 aliphatic rings. The smallest absolute Gasteiger partial charge is 0.270 e. The van der Waals surface area contributed by atoms with Gasteiger partial charge in [0.25, 0.3) is 5.69 Å². The van der Waals surface area contributed by atoms with Crippen molar-refractivity contribution in [2.45, 2.75) is 13.5 Å². The van der Waals surface area contributed by atoms with Gasteiger partial charge in [-0.05, 0) is 12.5 Å². The van der Waals surface area contributed by atoms with Crippen LogP contribution in [0.4, 0.5) is 5.69 Å². The van der Waals surface area contributed by atoms with Crippen molar-refractivity contribution in [3.8, 4) is 0 Å². The molecule has 2 rings (SSSR count). The van der Waals surface area contributed by atoms with Crippen molar-refractivity contribution in [3.05, 3.63) is 75.8 Å². The second-order valence-corrected chi connectivity index (χ2v) is 5.09. The average Bonchev–Trinajstić information content (AvgIpc) is 2.56. The van der Waals surface area contributed by atoms with Crippen LogP contribution in [0.3, 0.4) is 0 Å². The van der Waals surface area contributed by atoms with Crippen LogP contribution in [-0.2, 0) is 6.54 Å². The Morgan fingerprint density at radius 3 is 2.61 bits per heavy atom. The fourth-order valence-electron chi connectivity index (χ4n) is 2.19. The zero-order valence-electron chi connectivity index (χ0n) is 12.9. The molecule has 1 N–H and O–H groups in total. The van der Waals surface area contributed by atoms with Crippen LogP contribution in [0.2, 0.25) is 0 Å². The molecule has 120 valence electrons. The molecule has 0 radical (unpaired) electrons. The van der Waals surface area contributed by atoms with E-state index in [1.54, 1.807) is 24.1 Å². The molecule has 0 amide bonds. The predicted octanol–water partition coefficient (Wildman–Crippen LogP) is 2.81. The summed E-state index contributed by atoms with van der Waals surface area (Å²) in [5.74, 6) is 0. The fraction of sp³-hybridized carbons (Fsp3) is 0.235. The van der Waals surface area contributed by atoms with Gasteiger partial charge in [0.1, 0.15) is 0 Å². The first-order valence-electron chi connectivity index (χ1n) is 7.30. The maximum atomic E-state index is 10.9. The second-order valence-electron chi connectivity index (χ2n) is 5.09. The van der Waals surface area contributed by atoms with Gasteiger partial charge in [-0.1, -0.05) is 42.5 Å². The van der Waals surface area contributed by atoms with E-state index in [0.717, 1.165) is 5.56 Å². The average molecular weight is 313 g/mol. The highest BCUT2D eigenvalue weighted by molar-refractivity contribution is 5.99. The number of non-ortho nitro benzene ring substituents is 1. The molecular weight excluding hydrogens is 294 g/mol. The Bertz CT molecular complexity index is 686. The zero-order valence-corrected chi connectivity index (χ0v) is 12.9. The van der Waals surface area contributed by atoms with Crippen molar-refractivity contribution >= 4 is 11.4 Å². The van der Waals surface area contributed by atoms with E-state index in [2.05, 4.69) is 5.10 Å². The highest BCUT2D eigenvalue weighted by Crippen LogP contribution is 2.14. The summed E-state index contributed by atoms with van der Waals surface area (Å²) in [7, 11) is 0. The van der Waals surface area contributed by atoms with E-state index in [1.165, 1.54) is 12.1 Å². The molecule has 0 aromatic heterocycles. The van der Waals surface area contributed by atoms with Crippen molar-refractivity contribution in [1.82, 2.24) is 5.01 Å². The van der Waals surface area contributed by atoms with E-state index in [4.69, 9.17) is 0 Å². The van der Waals surface area contributed by atoms with Crippen LogP contribution in [0.1, 0.15) is 18.1 Å². The highest BCUT2D eigenvalue weighted by atomic mass is 16.6. The number of aliphatic hydroxyl groups is 1. The molecule has 6 heteroatoms. The minimum absolute atomic E-state index is 0.0153. The molecule has 2 aromatic carbocycles. The van der Waals surface area contributed by atoms with Gasteiger partial charge in [0, 0.05) is 17.7 Å². The predicted molar refractivity (Wildman–Crippen MR) is 89.2 cm³/mol. The van der Waals surface area contributed by atoms with Crippen molar-refractivity contribution < 1.29 is 10.0 Å². The zero-order chi connectivity index (χ0) is 16.7. The third-order valence-electron chi connectivity index (χ3n) is 3.33. The standard InChI is InChI=1S/C17H19N3O3/c1-14(16-8-5-9-17(12-16)20(22)23)18-19(10-11-21)13-15-6-3-2-4-7-15/h2-9,12,21H,10-11,13H2,1H3/b18-14-. The number of aliphatic hydroxyl groups excluding tert-OH is 1. The maximum Gasteiger partial charge on any atom is 0.270 e. The van der Waals surface area contributed by atoms with Gasteiger partial charge < -0.3 is 5.11 Å². The summed E-state index contributed by atoms with van der Waals surface area (Å²) in [5, 5.41) is 26.3. The lowest BCUT2D eigenvalue weighted by atomic mass is 10.1. The van der Waals surface area contributed by atoms with E-state index in [1.807, 2.05) is 30.3 Å². The van der Waals surface area contributed by atoms with E-state index >= 15 is 0 Å². The summed E-state index contributed by atoms with van der Waals surface area (Å²) in [4.78, 5) is 10.4. The summed E-state index contributed by atoms with van der Waals surface area (Å²) in [6.07, 6.45) is 0. The van der Waals surface area contributed by atoms with Crippen LogP contribution in [0.25, 0.3) is 0 Å². The molecule has 0 spiro atoms. The molecule has 0 aliphatic heterocycles. The van der Waals surface area contributed by atoms with Crippen molar-refractivity contribution in [2.75, 3.05) is 13.2 Å². The molecule has 0 unspecified atom stereocenters. The number of benzene rings is 2. The van der Waals surface area contributed by atoms with Crippen molar-refractivity contribution in [1.29, 1.82) is 0 Å². The number of hydrazone groups is 1. The Kier molecular flexibility index (Phi) is 5.82. The Hall–Kier alpha value is -2.73. The van der Waals surface area contributed by atoms with Gasteiger partial charge in [0.15, 0.2) is 0 Å². The molecular formula is C17H19N3O3. The van der Waals surface area contributed by atoms with Gasteiger partial charge in [0.05, 0.1) is 30.3 Å². The molecule has 23 heavy (non-hydrogen) atoms. The van der Waals surface area contributed by atoms with Gasteiger partial charge in [-0.3, -0.25) is 15.1 Å². The van der Waals surface area contributed by atoms with Gasteiger partial charge in [-0.15, -0.1) is 0 Å². The first kappa shape index (κ1) is 16.6. The quantitative estimate of drug-likeness (QED) is 0.484. The van der Waals surface area contributed by atoms with E-state index in [-0.39, 0.29) is 12.3 Å². The molecule has 0 atom stereocenters. The minimum Gasteiger partial charge on any atom is -0.394 e. The molecule has 0 saturated heterocycles. The molecule has 0 aliphatic carbocycles. The lowest BCUT2D eigenvalue weighted by Crippen LogP contribution is -2.22.